The molecule has 2 aliphatic heterocycles. The Balaban J connectivity index is 1.97. The van der Waals surface area contributed by atoms with Crippen LogP contribution >= 0.6 is 0 Å². The molecule has 0 amide bonds. The normalized spacial score (nSPS) is 26.3. The highest BCUT2D eigenvalue weighted by atomic mass is 16.3. The molecule has 3 heteroatoms. The summed E-state index contributed by atoms with van der Waals surface area (Å²) >= 11 is 0. The summed E-state index contributed by atoms with van der Waals surface area (Å²) in [6.45, 7) is 2.19. The Morgan fingerprint density at radius 3 is 3.00 bits per heavy atom. The van der Waals surface area contributed by atoms with Crippen molar-refractivity contribution in [1.29, 1.82) is 0 Å². The molecule has 98 valence electrons. The van der Waals surface area contributed by atoms with Crippen molar-refractivity contribution in [3.8, 4) is 0 Å². The zero-order valence-corrected chi connectivity index (χ0v) is 11.1. The molecule has 0 radical (unpaired) electrons. The molecule has 2 atom stereocenters. The Morgan fingerprint density at radius 2 is 2.16 bits per heavy atom. The topological polar surface area (TPSA) is 28.4 Å². The Bertz CT molecular complexity index is 670. The van der Waals surface area contributed by atoms with Crippen molar-refractivity contribution in [2.24, 2.45) is 5.92 Å². The van der Waals surface area contributed by atoms with E-state index in [9.17, 15) is 5.11 Å². The number of para-hydroxylation sites is 1. The van der Waals surface area contributed by atoms with Gasteiger partial charge in [0.2, 0.25) is 0 Å². The second kappa shape index (κ2) is 3.95. The van der Waals surface area contributed by atoms with E-state index in [0.29, 0.717) is 6.04 Å². The third-order valence-corrected chi connectivity index (χ3v) is 4.53. The lowest BCUT2D eigenvalue weighted by Crippen LogP contribution is -2.44. The molecule has 1 unspecified atom stereocenters. The van der Waals surface area contributed by atoms with Crippen molar-refractivity contribution in [2.75, 3.05) is 20.2 Å². The van der Waals surface area contributed by atoms with Crippen molar-refractivity contribution < 1.29 is 5.11 Å². The van der Waals surface area contributed by atoms with Gasteiger partial charge in [-0.3, -0.25) is 4.90 Å². The van der Waals surface area contributed by atoms with E-state index in [1.807, 2.05) is 0 Å². The number of rotatable bonds is 1. The van der Waals surface area contributed by atoms with Gasteiger partial charge in [0.15, 0.2) is 0 Å². The van der Waals surface area contributed by atoms with Gasteiger partial charge in [-0.1, -0.05) is 24.3 Å². The van der Waals surface area contributed by atoms with E-state index in [4.69, 9.17) is 0 Å². The molecule has 3 heterocycles. The van der Waals surface area contributed by atoms with E-state index in [1.165, 1.54) is 22.0 Å². The van der Waals surface area contributed by atoms with Crippen molar-refractivity contribution in [2.45, 2.75) is 12.6 Å². The van der Waals surface area contributed by atoms with Crippen LogP contribution in [0.4, 0.5) is 0 Å². The highest BCUT2D eigenvalue weighted by Crippen LogP contribution is 2.38. The Labute approximate surface area is 112 Å². The molecule has 1 N–H and O–H groups in total. The summed E-state index contributed by atoms with van der Waals surface area (Å²) in [6.07, 6.45) is 4.48. The SMILES string of the molecule is CN1CC(CO)C=C2c3cccc4ccn(c34)C[C@@H]21. The summed E-state index contributed by atoms with van der Waals surface area (Å²) in [5.41, 5.74) is 4.07. The van der Waals surface area contributed by atoms with Crippen LogP contribution in [0.2, 0.25) is 0 Å². The maximum Gasteiger partial charge on any atom is 0.0557 e. The van der Waals surface area contributed by atoms with Gasteiger partial charge < -0.3 is 9.67 Å². The maximum absolute atomic E-state index is 9.47. The van der Waals surface area contributed by atoms with E-state index in [0.717, 1.165) is 13.1 Å². The van der Waals surface area contributed by atoms with Crippen LogP contribution in [0.15, 0.2) is 36.5 Å². The number of hydrogen-bond donors (Lipinski definition) is 1. The lowest BCUT2D eigenvalue weighted by molar-refractivity contribution is 0.174. The Hall–Kier alpha value is -1.58. The molecule has 0 saturated carbocycles. The molecule has 19 heavy (non-hydrogen) atoms. The van der Waals surface area contributed by atoms with Gasteiger partial charge in [-0.25, -0.2) is 0 Å². The summed E-state index contributed by atoms with van der Waals surface area (Å²) < 4.78 is 2.36. The minimum absolute atomic E-state index is 0.234. The molecule has 1 aromatic heterocycles. The Morgan fingerprint density at radius 1 is 1.26 bits per heavy atom. The largest absolute Gasteiger partial charge is 0.396 e. The zero-order valence-electron chi connectivity index (χ0n) is 11.1. The van der Waals surface area contributed by atoms with Crippen LogP contribution in [-0.2, 0) is 6.54 Å². The van der Waals surface area contributed by atoms with Crippen LogP contribution in [0, 0.1) is 5.92 Å². The Kier molecular flexibility index (Phi) is 2.34. The van der Waals surface area contributed by atoms with Crippen LogP contribution in [0.5, 0.6) is 0 Å². The van der Waals surface area contributed by atoms with Gasteiger partial charge in [-0.05, 0) is 18.7 Å². The van der Waals surface area contributed by atoms with Gasteiger partial charge in [-0.15, -0.1) is 0 Å². The highest BCUT2D eigenvalue weighted by Gasteiger charge is 2.32. The monoisotopic (exact) mass is 254 g/mol. The summed E-state index contributed by atoms with van der Waals surface area (Å²) in [5.74, 6) is 0.257. The van der Waals surface area contributed by atoms with Gasteiger partial charge >= 0.3 is 0 Å². The number of fused-ring (bicyclic) bond motifs is 2. The standard InChI is InChI=1S/C16H18N2O/c1-17-8-11(10-19)7-14-13-4-2-3-12-5-6-18(16(12)13)9-15(14)17/h2-7,11,15,19H,8-10H2,1H3/t11?,15-/m0/s1. The first-order valence-electron chi connectivity index (χ1n) is 6.89. The quantitative estimate of drug-likeness (QED) is 0.842. The second-order valence-corrected chi connectivity index (χ2v) is 5.73. The van der Waals surface area contributed by atoms with Crippen LogP contribution in [0.25, 0.3) is 16.5 Å². The number of aliphatic hydroxyl groups excluding tert-OH is 1. The van der Waals surface area contributed by atoms with Gasteiger partial charge in [0.05, 0.1) is 18.2 Å². The molecule has 0 saturated heterocycles. The number of aromatic nitrogens is 1. The average Bonchev–Trinajstić information content (AvgIpc) is 2.85. The molecule has 0 spiro atoms. The number of aliphatic hydroxyl groups is 1. The fraction of sp³-hybridized carbons (Fsp3) is 0.375. The van der Waals surface area contributed by atoms with Crippen LogP contribution in [0.1, 0.15) is 5.56 Å². The predicted molar refractivity (Wildman–Crippen MR) is 76.9 cm³/mol. The zero-order chi connectivity index (χ0) is 13.0. The molecular weight excluding hydrogens is 236 g/mol. The first-order chi connectivity index (χ1) is 9.28. The summed E-state index contributed by atoms with van der Waals surface area (Å²) in [5, 5.41) is 10.8. The molecule has 3 nitrogen and oxygen atoms in total. The van der Waals surface area contributed by atoms with Crippen LogP contribution in [-0.4, -0.2) is 40.8 Å². The lowest BCUT2D eigenvalue weighted by Gasteiger charge is -2.40. The molecular formula is C16H18N2O. The van der Waals surface area contributed by atoms with Gasteiger partial charge in [-0.2, -0.15) is 0 Å². The fourth-order valence-corrected chi connectivity index (χ4v) is 3.60. The van der Waals surface area contributed by atoms with Crippen molar-refractivity contribution in [1.82, 2.24) is 9.47 Å². The maximum atomic E-state index is 9.47. The number of hydrogen-bond acceptors (Lipinski definition) is 2. The third kappa shape index (κ3) is 1.52. The minimum Gasteiger partial charge on any atom is -0.396 e. The van der Waals surface area contributed by atoms with Crippen molar-refractivity contribution >= 4 is 16.5 Å². The minimum atomic E-state index is 0.234. The third-order valence-electron chi connectivity index (χ3n) is 4.53. The summed E-state index contributed by atoms with van der Waals surface area (Å²) in [7, 11) is 2.16. The molecule has 0 bridgehead atoms. The molecule has 0 aliphatic carbocycles. The molecule has 2 aliphatic rings. The number of benzene rings is 1. The average molecular weight is 254 g/mol. The van der Waals surface area contributed by atoms with Crippen LogP contribution < -0.4 is 0 Å². The number of likely N-dealkylation sites (N-methyl/N-ethyl adjacent to an activating group) is 1. The van der Waals surface area contributed by atoms with Gasteiger partial charge in [0.25, 0.3) is 0 Å². The van der Waals surface area contributed by atoms with E-state index < -0.39 is 0 Å². The van der Waals surface area contributed by atoms with Gasteiger partial charge in [0, 0.05) is 36.2 Å². The molecule has 1 aromatic carbocycles. The lowest BCUT2D eigenvalue weighted by atomic mass is 9.86. The summed E-state index contributed by atoms with van der Waals surface area (Å²) in [6, 6.07) is 9.15. The van der Waals surface area contributed by atoms with Gasteiger partial charge in [0.1, 0.15) is 0 Å². The van der Waals surface area contributed by atoms with Crippen molar-refractivity contribution in [3.63, 3.8) is 0 Å². The van der Waals surface area contributed by atoms with E-state index >= 15 is 0 Å². The second-order valence-electron chi connectivity index (χ2n) is 5.73. The molecule has 2 aromatic rings. The summed E-state index contributed by atoms with van der Waals surface area (Å²) in [4.78, 5) is 2.37. The van der Waals surface area contributed by atoms with E-state index in [2.05, 4.69) is 53.1 Å². The first kappa shape index (κ1) is 11.3. The number of nitrogens with zero attached hydrogens (tertiary/aromatic N) is 2. The van der Waals surface area contributed by atoms with Crippen molar-refractivity contribution in [3.05, 3.63) is 42.1 Å². The highest BCUT2D eigenvalue weighted by molar-refractivity contribution is 5.94. The smallest absolute Gasteiger partial charge is 0.0557 e. The molecule has 4 rings (SSSR count). The fourth-order valence-electron chi connectivity index (χ4n) is 3.60. The van der Waals surface area contributed by atoms with E-state index in [1.54, 1.807) is 0 Å². The van der Waals surface area contributed by atoms with Crippen LogP contribution in [0.3, 0.4) is 0 Å². The molecule has 0 fully saturated rings. The first-order valence-corrected chi connectivity index (χ1v) is 6.89. The van der Waals surface area contributed by atoms with E-state index in [-0.39, 0.29) is 12.5 Å². The predicted octanol–water partition coefficient (Wildman–Crippen LogP) is 1.96.